The third kappa shape index (κ3) is 3.54. The van der Waals surface area contributed by atoms with Gasteiger partial charge < -0.3 is 19.4 Å². The summed E-state index contributed by atoms with van der Waals surface area (Å²) in [6.45, 7) is 6.87. The third-order valence-corrected chi connectivity index (χ3v) is 4.87. The fraction of sp³-hybridized carbons (Fsp3) is 0.500. The van der Waals surface area contributed by atoms with E-state index >= 15 is 0 Å². The molecule has 1 aromatic carbocycles. The zero-order chi connectivity index (χ0) is 18.8. The first-order valence-corrected chi connectivity index (χ1v) is 9.07. The van der Waals surface area contributed by atoms with Gasteiger partial charge in [-0.15, -0.1) is 0 Å². The van der Waals surface area contributed by atoms with Gasteiger partial charge in [0, 0.05) is 30.4 Å². The molecular weight excluding hydrogens is 332 g/mol. The number of carbonyl (C=O) groups is 2. The van der Waals surface area contributed by atoms with Crippen LogP contribution in [0, 0.1) is 12.8 Å². The maximum Gasteiger partial charge on any atom is 0.258 e. The summed E-state index contributed by atoms with van der Waals surface area (Å²) in [5.41, 5.74) is 1.27. The molecule has 1 N–H and O–H groups in total. The van der Waals surface area contributed by atoms with Crippen molar-refractivity contribution in [3.63, 3.8) is 0 Å². The van der Waals surface area contributed by atoms with Crippen molar-refractivity contribution in [1.29, 1.82) is 0 Å². The maximum atomic E-state index is 13.1. The van der Waals surface area contributed by atoms with Gasteiger partial charge in [-0.3, -0.25) is 9.59 Å². The summed E-state index contributed by atoms with van der Waals surface area (Å²) in [5.74, 6) is 1.32. The minimum atomic E-state index is -0.0442. The second-order valence-electron chi connectivity index (χ2n) is 7.13. The predicted molar refractivity (Wildman–Crippen MR) is 99.4 cm³/mol. The number of amides is 2. The van der Waals surface area contributed by atoms with E-state index in [1.54, 1.807) is 7.11 Å². The van der Waals surface area contributed by atoms with Crippen molar-refractivity contribution in [3.05, 3.63) is 29.5 Å². The SMILES string of the molecule is COc1ccc2oc(C)c(C(=O)N3CCC(C(=O)NC(C)C)CC3)c2c1. The second-order valence-corrected chi connectivity index (χ2v) is 7.13. The number of likely N-dealkylation sites (tertiary alicyclic amines) is 1. The van der Waals surface area contributed by atoms with E-state index in [4.69, 9.17) is 9.15 Å². The Morgan fingerprint density at radius 2 is 1.96 bits per heavy atom. The molecule has 1 aliphatic rings. The van der Waals surface area contributed by atoms with E-state index in [1.165, 1.54) is 0 Å². The van der Waals surface area contributed by atoms with E-state index in [0.29, 0.717) is 48.6 Å². The van der Waals surface area contributed by atoms with Crippen LogP contribution >= 0.6 is 0 Å². The van der Waals surface area contributed by atoms with Crippen LogP contribution in [0.4, 0.5) is 0 Å². The molecule has 2 amide bonds. The second kappa shape index (κ2) is 7.40. The highest BCUT2D eigenvalue weighted by molar-refractivity contribution is 6.07. The lowest BCUT2D eigenvalue weighted by atomic mass is 9.95. The van der Waals surface area contributed by atoms with Crippen LogP contribution in [0.5, 0.6) is 5.75 Å². The first-order chi connectivity index (χ1) is 12.4. The number of aryl methyl sites for hydroxylation is 1. The molecule has 0 saturated carbocycles. The number of nitrogens with one attached hydrogen (secondary N) is 1. The van der Waals surface area contributed by atoms with Gasteiger partial charge in [-0.2, -0.15) is 0 Å². The van der Waals surface area contributed by atoms with Crippen molar-refractivity contribution >= 4 is 22.8 Å². The Balaban J connectivity index is 1.76. The Morgan fingerprint density at radius 1 is 1.27 bits per heavy atom. The van der Waals surface area contributed by atoms with Gasteiger partial charge >= 0.3 is 0 Å². The number of piperidine rings is 1. The predicted octanol–water partition coefficient (Wildman–Crippen LogP) is 3.13. The number of nitrogens with zero attached hydrogens (tertiary/aromatic N) is 1. The molecule has 0 atom stereocenters. The normalized spacial score (nSPS) is 15.5. The Kier molecular flexibility index (Phi) is 5.20. The van der Waals surface area contributed by atoms with Crippen molar-refractivity contribution in [2.24, 2.45) is 5.92 Å². The molecule has 1 saturated heterocycles. The number of hydrogen-bond acceptors (Lipinski definition) is 4. The van der Waals surface area contributed by atoms with Crippen molar-refractivity contribution in [3.8, 4) is 5.75 Å². The number of carbonyl (C=O) groups excluding carboxylic acids is 2. The smallest absolute Gasteiger partial charge is 0.258 e. The molecule has 0 radical (unpaired) electrons. The highest BCUT2D eigenvalue weighted by Crippen LogP contribution is 2.31. The van der Waals surface area contributed by atoms with Crippen LogP contribution in [0.1, 0.15) is 42.8 Å². The van der Waals surface area contributed by atoms with Gasteiger partial charge in [0.2, 0.25) is 5.91 Å². The number of rotatable bonds is 4. The summed E-state index contributed by atoms with van der Waals surface area (Å²) < 4.78 is 11.0. The van der Waals surface area contributed by atoms with Gasteiger partial charge in [0.1, 0.15) is 17.1 Å². The van der Waals surface area contributed by atoms with E-state index in [2.05, 4.69) is 5.32 Å². The molecule has 140 valence electrons. The van der Waals surface area contributed by atoms with Gasteiger partial charge in [0.15, 0.2) is 0 Å². The molecule has 0 bridgehead atoms. The monoisotopic (exact) mass is 358 g/mol. The summed E-state index contributed by atoms with van der Waals surface area (Å²) in [5, 5.41) is 3.73. The molecule has 2 aromatic rings. The average Bonchev–Trinajstić information content (AvgIpc) is 2.95. The number of methoxy groups -OCH3 is 1. The zero-order valence-electron chi connectivity index (χ0n) is 15.8. The molecule has 6 heteroatoms. The van der Waals surface area contributed by atoms with E-state index in [9.17, 15) is 9.59 Å². The molecule has 0 unspecified atom stereocenters. The standard InChI is InChI=1S/C20H26N2O4/c1-12(2)21-19(23)14-7-9-22(10-8-14)20(24)18-13(3)26-17-6-5-15(25-4)11-16(17)18/h5-6,11-12,14H,7-10H2,1-4H3,(H,21,23). The van der Waals surface area contributed by atoms with Crippen LogP contribution in [-0.4, -0.2) is 43.0 Å². The van der Waals surface area contributed by atoms with Gasteiger partial charge in [0.25, 0.3) is 5.91 Å². The Labute approximate surface area is 153 Å². The molecule has 26 heavy (non-hydrogen) atoms. The van der Waals surface area contributed by atoms with E-state index in [1.807, 2.05) is 43.9 Å². The Bertz CT molecular complexity index is 817. The average molecular weight is 358 g/mol. The summed E-state index contributed by atoms with van der Waals surface area (Å²) in [4.78, 5) is 27.1. The number of ether oxygens (including phenoxy) is 1. The number of benzene rings is 1. The molecule has 1 aromatic heterocycles. The van der Waals surface area contributed by atoms with Crippen molar-refractivity contribution in [1.82, 2.24) is 10.2 Å². The fourth-order valence-electron chi connectivity index (χ4n) is 3.50. The number of furan rings is 1. The summed E-state index contributed by atoms with van der Waals surface area (Å²) >= 11 is 0. The van der Waals surface area contributed by atoms with Crippen molar-refractivity contribution in [2.45, 2.75) is 39.7 Å². The molecule has 0 aliphatic carbocycles. The van der Waals surface area contributed by atoms with E-state index in [-0.39, 0.29) is 23.8 Å². The van der Waals surface area contributed by atoms with Crippen LogP contribution in [0.3, 0.4) is 0 Å². The van der Waals surface area contributed by atoms with E-state index in [0.717, 1.165) is 5.39 Å². The Hall–Kier alpha value is -2.50. The maximum absolute atomic E-state index is 13.1. The number of hydrogen-bond donors (Lipinski definition) is 1. The third-order valence-electron chi connectivity index (χ3n) is 4.87. The molecule has 3 rings (SSSR count). The van der Waals surface area contributed by atoms with Gasteiger partial charge in [0.05, 0.1) is 12.7 Å². The van der Waals surface area contributed by atoms with Crippen LogP contribution in [-0.2, 0) is 4.79 Å². The highest BCUT2D eigenvalue weighted by atomic mass is 16.5. The summed E-state index contributed by atoms with van der Waals surface area (Å²) in [6.07, 6.45) is 1.37. The molecular formula is C20H26N2O4. The minimum Gasteiger partial charge on any atom is -0.497 e. The first kappa shape index (κ1) is 18.3. The molecule has 1 fully saturated rings. The topological polar surface area (TPSA) is 71.8 Å². The van der Waals surface area contributed by atoms with Gasteiger partial charge in [-0.05, 0) is 51.8 Å². The zero-order valence-corrected chi connectivity index (χ0v) is 15.8. The largest absolute Gasteiger partial charge is 0.497 e. The minimum absolute atomic E-state index is 0.0243. The molecule has 1 aliphatic heterocycles. The lowest BCUT2D eigenvalue weighted by molar-refractivity contribution is -0.126. The highest BCUT2D eigenvalue weighted by Gasteiger charge is 2.30. The van der Waals surface area contributed by atoms with Crippen LogP contribution in [0.2, 0.25) is 0 Å². The van der Waals surface area contributed by atoms with Crippen molar-refractivity contribution in [2.75, 3.05) is 20.2 Å². The molecule has 6 nitrogen and oxygen atoms in total. The summed E-state index contributed by atoms with van der Waals surface area (Å²) in [6, 6.07) is 5.61. The van der Waals surface area contributed by atoms with E-state index < -0.39 is 0 Å². The van der Waals surface area contributed by atoms with Crippen molar-refractivity contribution < 1.29 is 18.7 Å². The van der Waals surface area contributed by atoms with Gasteiger partial charge in [-0.25, -0.2) is 0 Å². The quantitative estimate of drug-likeness (QED) is 0.911. The summed E-state index contributed by atoms with van der Waals surface area (Å²) in [7, 11) is 1.60. The number of fused-ring (bicyclic) bond motifs is 1. The lowest BCUT2D eigenvalue weighted by Gasteiger charge is -2.31. The Morgan fingerprint density at radius 3 is 2.58 bits per heavy atom. The van der Waals surface area contributed by atoms with Crippen LogP contribution in [0.25, 0.3) is 11.0 Å². The molecule has 2 heterocycles. The lowest BCUT2D eigenvalue weighted by Crippen LogP contribution is -2.44. The van der Waals surface area contributed by atoms with Crippen LogP contribution < -0.4 is 10.1 Å². The first-order valence-electron chi connectivity index (χ1n) is 9.07. The van der Waals surface area contributed by atoms with Gasteiger partial charge in [-0.1, -0.05) is 0 Å². The fourth-order valence-corrected chi connectivity index (χ4v) is 3.50. The molecule has 0 spiro atoms. The van der Waals surface area contributed by atoms with Crippen LogP contribution in [0.15, 0.2) is 22.6 Å².